The Labute approximate surface area is 183 Å². The number of fused-ring (bicyclic) bond motifs is 1. The second-order valence-corrected chi connectivity index (χ2v) is 9.32. The summed E-state index contributed by atoms with van der Waals surface area (Å²) in [5.41, 5.74) is 9.22. The largest absolute Gasteiger partial charge is 0.401 e. The average molecular weight is 439 g/mol. The lowest BCUT2D eigenvalue weighted by Crippen LogP contribution is -2.23. The van der Waals surface area contributed by atoms with Gasteiger partial charge >= 0.3 is 0 Å². The first-order chi connectivity index (χ1) is 14.1. The number of ketones is 1. The average Bonchev–Trinajstić information content (AvgIpc) is 2.96. The number of nitrogens with zero attached hydrogens (tertiary/aromatic N) is 3. The number of aromatic nitrogens is 2. The molecule has 0 aliphatic heterocycles. The number of thioether (sulfide) groups is 1. The molecule has 0 saturated carbocycles. The summed E-state index contributed by atoms with van der Waals surface area (Å²) in [4.78, 5) is 32.4. The van der Waals surface area contributed by atoms with Crippen LogP contribution < -0.4 is 11.3 Å². The molecule has 0 unspecified atom stereocenters. The van der Waals surface area contributed by atoms with Crippen molar-refractivity contribution in [1.29, 1.82) is 5.26 Å². The number of carbonyl (C=O) groups excluding carboxylic acids is 1. The minimum atomic E-state index is -0.386. The Balaban J connectivity index is 2.22. The predicted molar refractivity (Wildman–Crippen MR) is 122 cm³/mol. The summed E-state index contributed by atoms with van der Waals surface area (Å²) in [6.45, 7) is 9.31. The van der Waals surface area contributed by atoms with Crippen LogP contribution >= 0.6 is 23.1 Å². The van der Waals surface area contributed by atoms with E-state index in [1.807, 2.05) is 52.0 Å². The van der Waals surface area contributed by atoms with Gasteiger partial charge in [0.15, 0.2) is 10.9 Å². The second-order valence-electron chi connectivity index (χ2n) is 7.17. The third-order valence-corrected chi connectivity index (χ3v) is 6.93. The highest BCUT2D eigenvalue weighted by molar-refractivity contribution is 7.99. The van der Waals surface area contributed by atoms with E-state index >= 15 is 0 Å². The molecule has 3 aromatic rings. The molecule has 0 spiro atoms. The number of benzene rings is 1. The SMILES string of the molecule is C/C(N)=C(\C#N)C(=O)CSc1nc2sc(C)c(C)c2c(=O)n1-c1cc(C)ccc1C. The molecule has 0 aliphatic carbocycles. The van der Waals surface area contributed by atoms with E-state index in [4.69, 9.17) is 10.7 Å². The van der Waals surface area contributed by atoms with Gasteiger partial charge in [-0.05, 0) is 57.4 Å². The summed E-state index contributed by atoms with van der Waals surface area (Å²) in [7, 11) is 0. The molecule has 0 fully saturated rings. The zero-order valence-electron chi connectivity index (χ0n) is 17.5. The van der Waals surface area contributed by atoms with Crippen molar-refractivity contribution in [3.63, 3.8) is 0 Å². The number of nitriles is 1. The normalized spacial score (nSPS) is 12.0. The van der Waals surface area contributed by atoms with Gasteiger partial charge in [-0.2, -0.15) is 5.26 Å². The molecular formula is C22H22N4O2S2. The van der Waals surface area contributed by atoms with Crippen LogP contribution in [-0.4, -0.2) is 21.1 Å². The van der Waals surface area contributed by atoms with E-state index in [-0.39, 0.29) is 28.4 Å². The van der Waals surface area contributed by atoms with Crippen LogP contribution in [0.5, 0.6) is 0 Å². The van der Waals surface area contributed by atoms with Crippen LogP contribution in [0.1, 0.15) is 28.5 Å². The summed E-state index contributed by atoms with van der Waals surface area (Å²) >= 11 is 2.60. The second kappa shape index (κ2) is 8.46. The van der Waals surface area contributed by atoms with Crippen LogP contribution in [0.25, 0.3) is 15.9 Å². The summed E-state index contributed by atoms with van der Waals surface area (Å²) in [5, 5.41) is 10.2. The molecule has 2 heterocycles. The van der Waals surface area contributed by atoms with E-state index in [9.17, 15) is 14.9 Å². The molecule has 0 saturated heterocycles. The quantitative estimate of drug-likeness (QED) is 0.278. The molecule has 1 aromatic carbocycles. The lowest BCUT2D eigenvalue weighted by molar-refractivity contribution is -0.112. The fraction of sp³-hybridized carbons (Fsp3) is 0.273. The number of allylic oxidation sites excluding steroid dienone is 2. The molecule has 0 aliphatic rings. The highest BCUT2D eigenvalue weighted by Crippen LogP contribution is 2.30. The Morgan fingerprint density at radius 1 is 1.30 bits per heavy atom. The van der Waals surface area contributed by atoms with Crippen molar-refractivity contribution in [2.75, 3.05) is 5.75 Å². The summed E-state index contributed by atoms with van der Waals surface area (Å²) in [5.74, 6) is -0.424. The van der Waals surface area contributed by atoms with Crippen LogP contribution in [0.4, 0.5) is 0 Å². The van der Waals surface area contributed by atoms with Crippen molar-refractivity contribution in [3.05, 3.63) is 61.4 Å². The molecule has 0 bridgehead atoms. The van der Waals surface area contributed by atoms with E-state index in [0.29, 0.717) is 15.4 Å². The van der Waals surface area contributed by atoms with Crippen LogP contribution in [0.15, 0.2) is 39.4 Å². The molecule has 0 amide bonds. The Hall–Kier alpha value is -2.89. The Bertz CT molecular complexity index is 1310. The molecule has 30 heavy (non-hydrogen) atoms. The van der Waals surface area contributed by atoms with Gasteiger partial charge in [-0.15, -0.1) is 11.3 Å². The number of nitrogens with two attached hydrogens (primary N) is 1. The first-order valence-corrected chi connectivity index (χ1v) is 11.1. The van der Waals surface area contributed by atoms with Crippen LogP contribution in [-0.2, 0) is 4.79 Å². The number of carbonyl (C=O) groups is 1. The molecule has 3 rings (SSSR count). The molecular weight excluding hydrogens is 416 g/mol. The number of Topliss-reactive ketones (excluding diaryl/α,β-unsaturated/α-hetero) is 1. The Morgan fingerprint density at radius 2 is 2.00 bits per heavy atom. The van der Waals surface area contributed by atoms with E-state index < -0.39 is 0 Å². The number of hydrogen-bond donors (Lipinski definition) is 1. The minimum absolute atomic E-state index is 0.0381. The van der Waals surface area contributed by atoms with Crippen molar-refractivity contribution >= 4 is 39.1 Å². The monoisotopic (exact) mass is 438 g/mol. The molecule has 8 heteroatoms. The van der Waals surface area contributed by atoms with Gasteiger partial charge in [-0.25, -0.2) is 4.98 Å². The Morgan fingerprint density at radius 3 is 2.63 bits per heavy atom. The van der Waals surface area contributed by atoms with E-state index in [0.717, 1.165) is 39.0 Å². The van der Waals surface area contributed by atoms with Gasteiger partial charge in [0.05, 0.1) is 16.8 Å². The number of thiophene rings is 1. The summed E-state index contributed by atoms with van der Waals surface area (Å²) in [6.07, 6.45) is 0. The lowest BCUT2D eigenvalue weighted by atomic mass is 10.1. The van der Waals surface area contributed by atoms with Crippen molar-refractivity contribution in [2.24, 2.45) is 5.73 Å². The zero-order valence-corrected chi connectivity index (χ0v) is 19.1. The van der Waals surface area contributed by atoms with Crippen molar-refractivity contribution in [2.45, 2.75) is 39.8 Å². The van der Waals surface area contributed by atoms with Crippen molar-refractivity contribution < 1.29 is 4.79 Å². The third kappa shape index (κ3) is 3.91. The first-order valence-electron chi connectivity index (χ1n) is 9.28. The third-order valence-electron chi connectivity index (χ3n) is 4.90. The molecule has 0 radical (unpaired) electrons. The maximum absolute atomic E-state index is 13.5. The van der Waals surface area contributed by atoms with Crippen molar-refractivity contribution in [3.8, 4) is 11.8 Å². The van der Waals surface area contributed by atoms with Crippen LogP contribution in [0.3, 0.4) is 0 Å². The van der Waals surface area contributed by atoms with Gasteiger partial charge in [0, 0.05) is 10.6 Å². The maximum Gasteiger partial charge on any atom is 0.267 e. The lowest BCUT2D eigenvalue weighted by Gasteiger charge is -2.15. The Kier molecular flexibility index (Phi) is 6.15. The number of hydrogen-bond acceptors (Lipinski definition) is 7. The highest BCUT2D eigenvalue weighted by Gasteiger charge is 2.21. The molecule has 2 N–H and O–H groups in total. The molecule has 0 atom stereocenters. The molecule has 2 aromatic heterocycles. The van der Waals surface area contributed by atoms with Gasteiger partial charge in [0.1, 0.15) is 16.5 Å². The van der Waals surface area contributed by atoms with Gasteiger partial charge in [-0.3, -0.25) is 14.2 Å². The van der Waals surface area contributed by atoms with E-state index in [2.05, 4.69) is 0 Å². The summed E-state index contributed by atoms with van der Waals surface area (Å²) in [6, 6.07) is 7.74. The first kappa shape index (κ1) is 21.8. The van der Waals surface area contributed by atoms with Gasteiger partial charge in [0.25, 0.3) is 5.56 Å². The maximum atomic E-state index is 13.5. The van der Waals surface area contributed by atoms with Crippen molar-refractivity contribution in [1.82, 2.24) is 9.55 Å². The number of rotatable bonds is 5. The predicted octanol–water partition coefficient (Wildman–Crippen LogP) is 4.10. The van der Waals surface area contributed by atoms with E-state index in [1.165, 1.54) is 18.3 Å². The minimum Gasteiger partial charge on any atom is -0.401 e. The molecule has 154 valence electrons. The van der Waals surface area contributed by atoms with Gasteiger partial charge in [-0.1, -0.05) is 23.9 Å². The highest BCUT2D eigenvalue weighted by atomic mass is 32.2. The standard InChI is InChI=1S/C22H22N4O2S2/c1-11-6-7-12(2)17(8-11)26-21(28)19-13(3)15(5)30-20(19)25-22(26)29-10-18(27)16(9-23)14(4)24/h6-8H,10,24H2,1-5H3/b16-14-. The topological polar surface area (TPSA) is 102 Å². The van der Waals surface area contributed by atoms with E-state index in [1.54, 1.807) is 4.57 Å². The zero-order chi connectivity index (χ0) is 22.2. The fourth-order valence-electron chi connectivity index (χ4n) is 3.12. The summed E-state index contributed by atoms with van der Waals surface area (Å²) < 4.78 is 1.58. The molecule has 6 nitrogen and oxygen atoms in total. The fourth-order valence-corrected chi connectivity index (χ4v) is 5.07. The smallest absolute Gasteiger partial charge is 0.267 e. The number of aryl methyl sites for hydroxylation is 4. The van der Waals surface area contributed by atoms with Gasteiger partial charge in [0.2, 0.25) is 0 Å². The van der Waals surface area contributed by atoms with Gasteiger partial charge < -0.3 is 5.73 Å². The van der Waals surface area contributed by atoms with Crippen LogP contribution in [0, 0.1) is 39.0 Å². The van der Waals surface area contributed by atoms with Crippen LogP contribution in [0.2, 0.25) is 0 Å².